The Hall–Kier alpha value is -1.80. The molecule has 0 fully saturated rings. The molecular weight excluding hydrogens is 246 g/mol. The van der Waals surface area contributed by atoms with Crippen molar-refractivity contribution in [2.24, 2.45) is 0 Å². The van der Waals surface area contributed by atoms with Crippen LogP contribution in [0, 0.1) is 0 Å². The first-order valence-corrected chi connectivity index (χ1v) is 7.12. The van der Waals surface area contributed by atoms with Gasteiger partial charge in [-0.1, -0.05) is 36.4 Å². The van der Waals surface area contributed by atoms with E-state index in [1.165, 1.54) is 16.7 Å². The maximum absolute atomic E-state index is 5.41. The Morgan fingerprint density at radius 3 is 2.55 bits per heavy atom. The van der Waals surface area contributed by atoms with E-state index in [0.717, 1.165) is 12.3 Å². The van der Waals surface area contributed by atoms with Gasteiger partial charge in [0.1, 0.15) is 5.75 Å². The largest absolute Gasteiger partial charge is 0.497 e. The molecule has 0 aromatic heterocycles. The lowest BCUT2D eigenvalue weighted by Gasteiger charge is -2.39. The highest BCUT2D eigenvalue weighted by atomic mass is 16.5. The number of fused-ring (bicyclic) bond motifs is 1. The second-order valence-corrected chi connectivity index (χ2v) is 5.61. The van der Waals surface area contributed by atoms with Crippen molar-refractivity contribution >= 4 is 0 Å². The van der Waals surface area contributed by atoms with Crippen molar-refractivity contribution in [3.8, 4) is 5.75 Å². The Labute approximate surface area is 121 Å². The molecule has 0 saturated heterocycles. The van der Waals surface area contributed by atoms with E-state index in [2.05, 4.69) is 67.4 Å². The van der Waals surface area contributed by atoms with Gasteiger partial charge in [0.2, 0.25) is 0 Å². The maximum atomic E-state index is 5.41. The van der Waals surface area contributed by atoms with Crippen molar-refractivity contribution in [2.75, 3.05) is 14.2 Å². The van der Waals surface area contributed by atoms with Gasteiger partial charge in [0, 0.05) is 18.5 Å². The predicted molar refractivity (Wildman–Crippen MR) is 82.2 cm³/mol. The molecule has 1 aliphatic rings. The molecule has 0 saturated carbocycles. The first kappa shape index (κ1) is 13.2. The fraction of sp³-hybridized carbons (Fsp3) is 0.333. The van der Waals surface area contributed by atoms with Crippen LogP contribution < -0.4 is 4.74 Å². The van der Waals surface area contributed by atoms with E-state index in [-0.39, 0.29) is 0 Å². The summed E-state index contributed by atoms with van der Waals surface area (Å²) in [6.45, 7) is 3.31. The van der Waals surface area contributed by atoms with Crippen LogP contribution in [0.3, 0.4) is 0 Å². The summed E-state index contributed by atoms with van der Waals surface area (Å²) in [5, 5.41) is 0. The Morgan fingerprint density at radius 2 is 1.85 bits per heavy atom. The average molecular weight is 267 g/mol. The van der Waals surface area contributed by atoms with Gasteiger partial charge in [-0.2, -0.15) is 0 Å². The van der Waals surface area contributed by atoms with Crippen LogP contribution in [-0.2, 0) is 6.54 Å². The first-order valence-electron chi connectivity index (χ1n) is 7.12. The predicted octanol–water partition coefficient (Wildman–Crippen LogP) is 3.66. The third kappa shape index (κ3) is 2.20. The molecule has 0 N–H and O–H groups in total. The molecule has 3 rings (SSSR count). The molecule has 2 heteroatoms. The summed E-state index contributed by atoms with van der Waals surface area (Å²) in [4.78, 5) is 2.42. The van der Waals surface area contributed by atoms with Crippen molar-refractivity contribution in [2.45, 2.75) is 25.4 Å². The molecule has 0 amide bonds. The lowest BCUT2D eigenvalue weighted by atomic mass is 9.80. The molecule has 0 bridgehead atoms. The smallest absolute Gasteiger partial charge is 0.119 e. The molecule has 1 heterocycles. The van der Waals surface area contributed by atoms with E-state index in [0.29, 0.717) is 12.0 Å². The van der Waals surface area contributed by atoms with Crippen LogP contribution in [0.5, 0.6) is 5.75 Å². The number of methoxy groups -OCH3 is 1. The van der Waals surface area contributed by atoms with Crippen molar-refractivity contribution in [1.82, 2.24) is 4.90 Å². The molecular formula is C18H21NO. The van der Waals surface area contributed by atoms with Crippen molar-refractivity contribution in [1.29, 1.82) is 0 Å². The fourth-order valence-corrected chi connectivity index (χ4v) is 3.18. The van der Waals surface area contributed by atoms with Crippen LogP contribution in [0.15, 0.2) is 48.5 Å². The number of hydrogen-bond donors (Lipinski definition) is 0. The van der Waals surface area contributed by atoms with Gasteiger partial charge in [-0.05, 0) is 42.8 Å². The molecule has 20 heavy (non-hydrogen) atoms. The topological polar surface area (TPSA) is 12.5 Å². The van der Waals surface area contributed by atoms with Crippen LogP contribution in [0.2, 0.25) is 0 Å². The van der Waals surface area contributed by atoms with Gasteiger partial charge >= 0.3 is 0 Å². The third-order valence-corrected chi connectivity index (χ3v) is 4.44. The van der Waals surface area contributed by atoms with E-state index < -0.39 is 0 Å². The molecule has 2 aromatic rings. The van der Waals surface area contributed by atoms with Crippen molar-refractivity contribution < 1.29 is 4.74 Å². The molecule has 0 unspecified atom stereocenters. The Bertz CT molecular complexity index is 594. The highest BCUT2D eigenvalue weighted by Gasteiger charge is 2.31. The van der Waals surface area contributed by atoms with E-state index in [1.807, 2.05) is 0 Å². The average Bonchev–Trinajstić information content (AvgIpc) is 2.49. The second kappa shape index (κ2) is 5.29. The minimum absolute atomic E-state index is 0.403. The van der Waals surface area contributed by atoms with Gasteiger partial charge in [0.05, 0.1) is 7.11 Å². The number of rotatable bonds is 2. The highest BCUT2D eigenvalue weighted by molar-refractivity contribution is 5.45. The Balaban J connectivity index is 2.13. The van der Waals surface area contributed by atoms with E-state index in [4.69, 9.17) is 4.74 Å². The van der Waals surface area contributed by atoms with Crippen LogP contribution >= 0.6 is 0 Å². The molecule has 0 radical (unpaired) electrons. The van der Waals surface area contributed by atoms with Gasteiger partial charge in [-0.3, -0.25) is 4.90 Å². The summed E-state index contributed by atoms with van der Waals surface area (Å²) >= 11 is 0. The van der Waals surface area contributed by atoms with Crippen LogP contribution in [-0.4, -0.2) is 25.1 Å². The quantitative estimate of drug-likeness (QED) is 0.823. The molecule has 2 nitrogen and oxygen atoms in total. The molecule has 2 atom stereocenters. The molecule has 2 aromatic carbocycles. The number of benzene rings is 2. The normalized spacial score (nSPS) is 22.4. The monoisotopic (exact) mass is 267 g/mol. The molecule has 104 valence electrons. The molecule has 1 aliphatic heterocycles. The van der Waals surface area contributed by atoms with E-state index >= 15 is 0 Å². The number of nitrogens with zero attached hydrogens (tertiary/aromatic N) is 1. The van der Waals surface area contributed by atoms with Gasteiger partial charge in [0.25, 0.3) is 0 Å². The number of hydrogen-bond acceptors (Lipinski definition) is 2. The van der Waals surface area contributed by atoms with Crippen LogP contribution in [0.4, 0.5) is 0 Å². The summed E-state index contributed by atoms with van der Waals surface area (Å²) in [6.07, 6.45) is 0. The zero-order valence-corrected chi connectivity index (χ0v) is 12.3. The summed E-state index contributed by atoms with van der Waals surface area (Å²) in [5.41, 5.74) is 4.18. The zero-order chi connectivity index (χ0) is 14.1. The Morgan fingerprint density at radius 1 is 1.10 bits per heavy atom. The number of ether oxygens (including phenoxy) is 1. The maximum Gasteiger partial charge on any atom is 0.119 e. The molecule has 0 spiro atoms. The summed E-state index contributed by atoms with van der Waals surface area (Å²) in [7, 11) is 3.94. The summed E-state index contributed by atoms with van der Waals surface area (Å²) in [5.74, 6) is 1.35. The fourth-order valence-electron chi connectivity index (χ4n) is 3.18. The minimum Gasteiger partial charge on any atom is -0.497 e. The van der Waals surface area contributed by atoms with E-state index in [1.54, 1.807) is 7.11 Å². The van der Waals surface area contributed by atoms with Crippen molar-refractivity contribution in [3.05, 3.63) is 65.2 Å². The first-order chi connectivity index (χ1) is 9.70. The summed E-state index contributed by atoms with van der Waals surface area (Å²) in [6, 6.07) is 17.7. The highest BCUT2D eigenvalue weighted by Crippen LogP contribution is 2.38. The van der Waals surface area contributed by atoms with Gasteiger partial charge < -0.3 is 4.74 Å². The van der Waals surface area contributed by atoms with Gasteiger partial charge in [-0.15, -0.1) is 0 Å². The van der Waals surface area contributed by atoms with Gasteiger partial charge in [-0.25, -0.2) is 0 Å². The third-order valence-electron chi connectivity index (χ3n) is 4.44. The lowest BCUT2D eigenvalue weighted by Crippen LogP contribution is -2.39. The zero-order valence-electron chi connectivity index (χ0n) is 12.3. The van der Waals surface area contributed by atoms with Crippen LogP contribution in [0.25, 0.3) is 0 Å². The standard InChI is InChI=1S/C18H21NO/c1-13-18(14-7-5-4-6-8-14)17-11-16(20-3)10-9-15(17)12-19(13)2/h4-11,13,18H,12H2,1-3H3/t13-,18-/m0/s1. The number of likely N-dealkylation sites (N-methyl/N-ethyl adjacent to an activating group) is 1. The lowest BCUT2D eigenvalue weighted by molar-refractivity contribution is 0.211. The SMILES string of the molecule is COc1ccc2c(c1)[C@H](c1ccccc1)[C@H](C)N(C)C2. The van der Waals surface area contributed by atoms with Crippen LogP contribution in [0.1, 0.15) is 29.5 Å². The second-order valence-electron chi connectivity index (χ2n) is 5.61. The summed E-state index contributed by atoms with van der Waals surface area (Å²) < 4.78 is 5.41. The Kier molecular flexibility index (Phi) is 3.49. The molecule has 0 aliphatic carbocycles. The van der Waals surface area contributed by atoms with Crippen molar-refractivity contribution in [3.63, 3.8) is 0 Å². The van der Waals surface area contributed by atoms with Gasteiger partial charge in [0.15, 0.2) is 0 Å². The minimum atomic E-state index is 0.403. The van der Waals surface area contributed by atoms with E-state index in [9.17, 15) is 0 Å².